The summed E-state index contributed by atoms with van der Waals surface area (Å²) >= 11 is 0. The van der Waals surface area contributed by atoms with E-state index in [-0.39, 0.29) is 5.92 Å². The van der Waals surface area contributed by atoms with Crippen molar-refractivity contribution in [3.8, 4) is 0 Å². The number of halogens is 1. The topological polar surface area (TPSA) is 0 Å². The second-order valence-electron chi connectivity index (χ2n) is 3.58. The quantitative estimate of drug-likeness (QED) is 0.559. The van der Waals surface area contributed by atoms with Gasteiger partial charge < -0.3 is 0 Å². The summed E-state index contributed by atoms with van der Waals surface area (Å²) in [6.07, 6.45) is 2.59. The summed E-state index contributed by atoms with van der Waals surface area (Å²) in [6.45, 7) is 11.6. The second kappa shape index (κ2) is 5.95. The zero-order chi connectivity index (χ0) is 10.4. The van der Waals surface area contributed by atoms with Gasteiger partial charge in [-0.3, -0.25) is 0 Å². The lowest BCUT2D eigenvalue weighted by atomic mass is 9.93. The third kappa shape index (κ3) is 3.33. The molecular formula is C12H21F. The molecule has 0 aliphatic carbocycles. The molecule has 0 spiro atoms. The van der Waals surface area contributed by atoms with E-state index in [1.807, 2.05) is 27.7 Å². The van der Waals surface area contributed by atoms with Crippen LogP contribution in [0.5, 0.6) is 0 Å². The van der Waals surface area contributed by atoms with Crippen LogP contribution in [0.2, 0.25) is 0 Å². The average Bonchev–Trinajstić information content (AvgIpc) is 2.17. The normalized spacial score (nSPS) is 17.6. The van der Waals surface area contributed by atoms with Gasteiger partial charge in [-0.05, 0) is 24.8 Å². The molecule has 0 N–H and O–H groups in total. The minimum absolute atomic E-state index is 0.0921. The smallest absolute Gasteiger partial charge is 0.128 e. The average molecular weight is 184 g/mol. The molecule has 0 aliphatic heterocycles. The van der Waals surface area contributed by atoms with Gasteiger partial charge in [0, 0.05) is 0 Å². The van der Waals surface area contributed by atoms with Crippen molar-refractivity contribution in [1.29, 1.82) is 0 Å². The fourth-order valence-electron chi connectivity index (χ4n) is 1.24. The van der Waals surface area contributed by atoms with Crippen LogP contribution in [0.25, 0.3) is 0 Å². The van der Waals surface area contributed by atoms with E-state index in [1.54, 1.807) is 6.08 Å². The predicted octanol–water partition coefficient (Wildman–Crippen LogP) is 4.28. The Bertz CT molecular complexity index is 191. The molecule has 0 fully saturated rings. The van der Waals surface area contributed by atoms with Gasteiger partial charge in [0.15, 0.2) is 0 Å². The summed E-state index contributed by atoms with van der Waals surface area (Å²) in [5, 5.41) is 0. The maximum absolute atomic E-state index is 13.8. The molecule has 0 saturated carbocycles. The van der Waals surface area contributed by atoms with Crippen molar-refractivity contribution < 1.29 is 4.39 Å². The van der Waals surface area contributed by atoms with E-state index >= 15 is 0 Å². The van der Waals surface area contributed by atoms with Crippen molar-refractivity contribution in [2.24, 2.45) is 5.92 Å². The fourth-order valence-corrected chi connectivity index (χ4v) is 1.24. The van der Waals surface area contributed by atoms with Crippen LogP contribution in [-0.2, 0) is 0 Å². The van der Waals surface area contributed by atoms with Crippen LogP contribution in [0.15, 0.2) is 23.8 Å². The molecule has 76 valence electrons. The lowest BCUT2D eigenvalue weighted by Gasteiger charge is -2.18. The number of hydrogen-bond donors (Lipinski definition) is 0. The number of rotatable bonds is 5. The summed E-state index contributed by atoms with van der Waals surface area (Å²) in [5.74, 6) is 0.0921. The van der Waals surface area contributed by atoms with Crippen molar-refractivity contribution in [2.75, 3.05) is 0 Å². The molecule has 0 bridgehead atoms. The van der Waals surface area contributed by atoms with Crippen LogP contribution in [0.3, 0.4) is 0 Å². The molecule has 0 saturated heterocycles. The van der Waals surface area contributed by atoms with Crippen molar-refractivity contribution in [3.05, 3.63) is 23.8 Å². The van der Waals surface area contributed by atoms with Crippen molar-refractivity contribution >= 4 is 0 Å². The zero-order valence-corrected chi connectivity index (χ0v) is 9.23. The Morgan fingerprint density at radius 2 is 2.00 bits per heavy atom. The van der Waals surface area contributed by atoms with Crippen LogP contribution in [0.1, 0.15) is 40.5 Å². The number of hydrogen-bond acceptors (Lipinski definition) is 0. The first-order valence-electron chi connectivity index (χ1n) is 5.04. The van der Waals surface area contributed by atoms with E-state index in [0.717, 1.165) is 24.0 Å². The minimum atomic E-state index is -0.845. The molecule has 0 heterocycles. The van der Waals surface area contributed by atoms with E-state index in [0.29, 0.717) is 0 Å². The van der Waals surface area contributed by atoms with Gasteiger partial charge in [0.1, 0.15) is 6.17 Å². The third-order valence-electron chi connectivity index (χ3n) is 2.68. The largest absolute Gasteiger partial charge is 0.242 e. The van der Waals surface area contributed by atoms with E-state index in [4.69, 9.17) is 0 Å². The lowest BCUT2D eigenvalue weighted by Crippen LogP contribution is -2.14. The molecule has 0 aromatic heterocycles. The Balaban J connectivity index is 4.68. The molecule has 0 aromatic rings. The molecule has 1 heteroatoms. The Kier molecular flexibility index (Phi) is 5.68. The summed E-state index contributed by atoms with van der Waals surface area (Å²) in [4.78, 5) is 0. The summed E-state index contributed by atoms with van der Waals surface area (Å²) in [7, 11) is 0. The lowest BCUT2D eigenvalue weighted by molar-refractivity contribution is 0.279. The number of alkyl halides is 1. The zero-order valence-electron chi connectivity index (χ0n) is 9.23. The first-order chi connectivity index (χ1) is 6.08. The Hall–Kier alpha value is -0.590. The molecule has 0 amide bonds. The fraction of sp³-hybridized carbons (Fsp3) is 0.667. The Labute approximate surface area is 81.5 Å². The predicted molar refractivity (Wildman–Crippen MR) is 57.5 cm³/mol. The molecule has 0 rings (SSSR count). The van der Waals surface area contributed by atoms with Crippen molar-refractivity contribution in [3.63, 3.8) is 0 Å². The second-order valence-corrected chi connectivity index (χ2v) is 3.58. The van der Waals surface area contributed by atoms with Crippen LogP contribution in [0.4, 0.5) is 4.39 Å². The van der Waals surface area contributed by atoms with Gasteiger partial charge in [-0.2, -0.15) is 0 Å². The Morgan fingerprint density at radius 1 is 1.46 bits per heavy atom. The molecule has 13 heavy (non-hydrogen) atoms. The van der Waals surface area contributed by atoms with Gasteiger partial charge in [-0.1, -0.05) is 45.4 Å². The highest BCUT2D eigenvalue weighted by Crippen LogP contribution is 2.23. The number of allylic oxidation sites excluding steroid dienone is 3. The van der Waals surface area contributed by atoms with Crippen LogP contribution in [0, 0.1) is 5.92 Å². The van der Waals surface area contributed by atoms with Crippen LogP contribution < -0.4 is 0 Å². The van der Waals surface area contributed by atoms with Gasteiger partial charge >= 0.3 is 0 Å². The van der Waals surface area contributed by atoms with Gasteiger partial charge in [-0.25, -0.2) is 4.39 Å². The highest BCUT2D eigenvalue weighted by molar-refractivity contribution is 5.27. The summed E-state index contributed by atoms with van der Waals surface area (Å²) in [5.41, 5.74) is 1.90. The first-order valence-corrected chi connectivity index (χ1v) is 5.04. The van der Waals surface area contributed by atoms with Gasteiger partial charge in [-0.15, -0.1) is 0 Å². The molecule has 0 radical (unpaired) electrons. The molecule has 2 unspecified atom stereocenters. The molecule has 0 nitrogen and oxygen atoms in total. The molecular weight excluding hydrogens is 163 g/mol. The van der Waals surface area contributed by atoms with E-state index in [9.17, 15) is 4.39 Å². The maximum atomic E-state index is 13.8. The molecule has 0 aromatic carbocycles. The SMILES string of the molecule is C=C/C(=C(/C)CC)C(F)C(C)CC. The first kappa shape index (κ1) is 12.4. The highest BCUT2D eigenvalue weighted by atomic mass is 19.1. The summed E-state index contributed by atoms with van der Waals surface area (Å²) in [6, 6.07) is 0. The van der Waals surface area contributed by atoms with E-state index < -0.39 is 6.17 Å². The van der Waals surface area contributed by atoms with Crippen molar-refractivity contribution in [1.82, 2.24) is 0 Å². The standard InChI is InChI=1S/C12H21F/c1-6-9(4)11(8-3)12(13)10(5)7-2/h8,10,12H,3,6-7H2,1-2,4-5H3/b11-9+. The highest BCUT2D eigenvalue weighted by Gasteiger charge is 2.18. The van der Waals surface area contributed by atoms with Crippen molar-refractivity contribution in [2.45, 2.75) is 46.7 Å². The monoisotopic (exact) mass is 184 g/mol. The van der Waals surface area contributed by atoms with Gasteiger partial charge in [0.25, 0.3) is 0 Å². The molecule has 0 aliphatic rings. The summed E-state index contributed by atoms with van der Waals surface area (Å²) < 4.78 is 13.8. The van der Waals surface area contributed by atoms with Gasteiger partial charge in [0.2, 0.25) is 0 Å². The van der Waals surface area contributed by atoms with E-state index in [2.05, 4.69) is 6.58 Å². The minimum Gasteiger partial charge on any atom is -0.242 e. The maximum Gasteiger partial charge on any atom is 0.128 e. The Morgan fingerprint density at radius 3 is 2.31 bits per heavy atom. The van der Waals surface area contributed by atoms with E-state index in [1.165, 1.54) is 0 Å². The van der Waals surface area contributed by atoms with Crippen LogP contribution in [-0.4, -0.2) is 6.17 Å². The molecule has 2 atom stereocenters. The third-order valence-corrected chi connectivity index (χ3v) is 2.68. The van der Waals surface area contributed by atoms with Crippen LogP contribution >= 0.6 is 0 Å². The van der Waals surface area contributed by atoms with Gasteiger partial charge in [0.05, 0.1) is 0 Å².